The van der Waals surface area contributed by atoms with E-state index in [1.54, 1.807) is 6.20 Å². The van der Waals surface area contributed by atoms with Crippen molar-refractivity contribution in [2.45, 2.75) is 6.54 Å². The molecule has 1 aromatic carbocycles. The highest BCUT2D eigenvalue weighted by molar-refractivity contribution is 5.95. The highest BCUT2D eigenvalue weighted by Gasteiger charge is 2.17. The predicted molar refractivity (Wildman–Crippen MR) is 80.6 cm³/mol. The maximum Gasteiger partial charge on any atom is 0.231 e. The zero-order chi connectivity index (χ0) is 14.5. The van der Waals surface area contributed by atoms with Crippen LogP contribution in [0.1, 0.15) is 10.4 Å². The fourth-order valence-electron chi connectivity index (χ4n) is 2.23. The van der Waals surface area contributed by atoms with Gasteiger partial charge in [0.15, 0.2) is 6.20 Å². The second kappa shape index (κ2) is 7.61. The molecule has 0 spiro atoms. The molecule has 2 aromatic heterocycles. The van der Waals surface area contributed by atoms with Gasteiger partial charge in [-0.05, 0) is 18.2 Å². The Kier molecular flexibility index (Phi) is 5.55. The van der Waals surface area contributed by atoms with Crippen molar-refractivity contribution >= 4 is 5.78 Å². The number of aromatic nitrogens is 2. The van der Waals surface area contributed by atoms with E-state index in [1.165, 1.54) is 0 Å². The maximum atomic E-state index is 12.4. The number of rotatable bonds is 4. The van der Waals surface area contributed by atoms with Gasteiger partial charge in [-0.1, -0.05) is 36.4 Å². The molecule has 0 amide bonds. The highest BCUT2D eigenvalue weighted by atomic mass is 79.9. The molecule has 0 radical (unpaired) electrons. The number of Topliss-reactive ketones (excluding diaryl/α,β-unsaturated/α-hetero) is 1. The fourth-order valence-corrected chi connectivity index (χ4v) is 2.23. The van der Waals surface area contributed by atoms with Gasteiger partial charge in [0, 0.05) is 23.9 Å². The van der Waals surface area contributed by atoms with Crippen molar-refractivity contribution in [3.05, 3.63) is 84.7 Å². The Hall–Kier alpha value is -2.33. The zero-order valence-electron chi connectivity index (χ0n) is 11.9. The summed E-state index contributed by atoms with van der Waals surface area (Å²) >= 11 is 0. The number of carbonyl (C=O) groups is 1. The van der Waals surface area contributed by atoms with E-state index in [9.17, 15) is 4.79 Å². The number of ketones is 1. The van der Waals surface area contributed by atoms with E-state index < -0.39 is 0 Å². The number of halogens is 1. The summed E-state index contributed by atoms with van der Waals surface area (Å²) in [6.45, 7) is 0.302. The number of carbonyl (C=O) groups excluding carboxylic acids is 1. The van der Waals surface area contributed by atoms with E-state index in [1.807, 2.05) is 77.5 Å². The topological polar surface area (TPSA) is 33.8 Å². The van der Waals surface area contributed by atoms with Crippen molar-refractivity contribution in [2.24, 2.45) is 0 Å². The molecule has 0 aliphatic heterocycles. The van der Waals surface area contributed by atoms with E-state index in [0.29, 0.717) is 6.54 Å². The first kappa shape index (κ1) is 16.0. The lowest BCUT2D eigenvalue weighted by molar-refractivity contribution is -0.672. The molecule has 0 N–H and O–H groups in total. The number of hydrogen-bond acceptors (Lipinski definition) is 2. The molecule has 110 valence electrons. The van der Waals surface area contributed by atoms with Crippen molar-refractivity contribution in [2.75, 3.05) is 0 Å². The van der Waals surface area contributed by atoms with Crippen molar-refractivity contribution in [3.8, 4) is 11.4 Å². The molecule has 0 saturated carbocycles. The first-order valence-electron chi connectivity index (χ1n) is 6.83. The van der Waals surface area contributed by atoms with Crippen LogP contribution in [0.15, 0.2) is 79.1 Å². The van der Waals surface area contributed by atoms with Crippen molar-refractivity contribution in [3.63, 3.8) is 0 Å². The maximum absolute atomic E-state index is 12.4. The third-order valence-electron chi connectivity index (χ3n) is 3.28. The van der Waals surface area contributed by atoms with Crippen LogP contribution < -0.4 is 21.5 Å². The van der Waals surface area contributed by atoms with Crippen molar-refractivity contribution in [1.29, 1.82) is 0 Å². The van der Waals surface area contributed by atoms with Gasteiger partial charge in [0.1, 0.15) is 5.69 Å². The lowest BCUT2D eigenvalue weighted by Crippen LogP contribution is -3.00. The van der Waals surface area contributed by atoms with E-state index in [2.05, 4.69) is 4.98 Å². The highest BCUT2D eigenvalue weighted by Crippen LogP contribution is 2.11. The Morgan fingerprint density at radius 3 is 2.36 bits per heavy atom. The smallest absolute Gasteiger partial charge is 0.231 e. The van der Waals surface area contributed by atoms with Crippen LogP contribution in [0.25, 0.3) is 11.4 Å². The predicted octanol–water partition coefficient (Wildman–Crippen LogP) is -0.0770. The van der Waals surface area contributed by atoms with Crippen LogP contribution in [0.2, 0.25) is 0 Å². The van der Waals surface area contributed by atoms with E-state index in [0.717, 1.165) is 17.0 Å². The second-order valence-corrected chi connectivity index (χ2v) is 4.72. The van der Waals surface area contributed by atoms with Crippen LogP contribution in [0, 0.1) is 0 Å². The molecule has 2 heterocycles. The first-order valence-corrected chi connectivity index (χ1v) is 6.83. The normalized spacial score (nSPS) is 9.82. The summed E-state index contributed by atoms with van der Waals surface area (Å²) < 4.78 is 1.93. The summed E-state index contributed by atoms with van der Waals surface area (Å²) in [4.78, 5) is 16.7. The van der Waals surface area contributed by atoms with Gasteiger partial charge in [0.25, 0.3) is 0 Å². The molecule has 3 nitrogen and oxygen atoms in total. The summed E-state index contributed by atoms with van der Waals surface area (Å²) in [6.07, 6.45) is 3.66. The summed E-state index contributed by atoms with van der Waals surface area (Å²) in [5.41, 5.74) is 2.52. The molecule has 0 aliphatic carbocycles. The number of pyridine rings is 2. The SMILES string of the molecule is O=C(C[n+]1ccccc1-c1ccccn1)c1ccccc1.[Br-]. The molecule has 22 heavy (non-hydrogen) atoms. The van der Waals surface area contributed by atoms with Gasteiger partial charge < -0.3 is 17.0 Å². The van der Waals surface area contributed by atoms with Crippen LogP contribution in [-0.2, 0) is 6.54 Å². The van der Waals surface area contributed by atoms with Gasteiger partial charge in [-0.25, -0.2) is 4.98 Å². The van der Waals surface area contributed by atoms with Crippen LogP contribution in [0.3, 0.4) is 0 Å². The molecule has 0 fully saturated rings. The lowest BCUT2D eigenvalue weighted by atomic mass is 10.1. The minimum absolute atomic E-state index is 0. The average Bonchev–Trinajstić information content (AvgIpc) is 2.57. The summed E-state index contributed by atoms with van der Waals surface area (Å²) in [6, 6.07) is 21.0. The monoisotopic (exact) mass is 354 g/mol. The van der Waals surface area contributed by atoms with Crippen LogP contribution in [0.4, 0.5) is 0 Å². The Labute approximate surface area is 140 Å². The summed E-state index contributed by atoms with van der Waals surface area (Å²) in [7, 11) is 0. The molecule has 0 bridgehead atoms. The van der Waals surface area contributed by atoms with E-state index >= 15 is 0 Å². The summed E-state index contributed by atoms with van der Waals surface area (Å²) in [5.74, 6) is 0.0870. The standard InChI is InChI=1S/C18H15N2O.BrH/c21-18(15-8-2-1-3-9-15)14-20-13-7-5-11-17(20)16-10-4-6-12-19-16;/h1-13H,14H2;1H/q+1;/p-1. The van der Waals surface area contributed by atoms with Gasteiger partial charge in [-0.15, -0.1) is 0 Å². The van der Waals surface area contributed by atoms with Crippen LogP contribution in [-0.4, -0.2) is 10.8 Å². The number of benzene rings is 1. The van der Waals surface area contributed by atoms with Gasteiger partial charge in [0.05, 0.1) is 0 Å². The Balaban J connectivity index is 0.00000176. The molecule has 4 heteroatoms. The molecular formula is C18H15BrN2O. The molecule has 3 aromatic rings. The van der Waals surface area contributed by atoms with Gasteiger partial charge >= 0.3 is 0 Å². The quantitative estimate of drug-likeness (QED) is 0.485. The van der Waals surface area contributed by atoms with Crippen molar-refractivity contribution < 1.29 is 26.3 Å². The van der Waals surface area contributed by atoms with E-state index in [-0.39, 0.29) is 22.8 Å². The fraction of sp³-hybridized carbons (Fsp3) is 0.0556. The van der Waals surface area contributed by atoms with Gasteiger partial charge in [-0.2, -0.15) is 4.57 Å². The Morgan fingerprint density at radius 1 is 0.909 bits per heavy atom. The molecule has 0 atom stereocenters. The molecular weight excluding hydrogens is 340 g/mol. The Bertz CT molecular complexity index is 745. The van der Waals surface area contributed by atoms with Gasteiger partial charge in [0.2, 0.25) is 18.0 Å². The second-order valence-electron chi connectivity index (χ2n) is 4.72. The summed E-state index contributed by atoms with van der Waals surface area (Å²) in [5, 5.41) is 0. The van der Waals surface area contributed by atoms with Crippen LogP contribution in [0.5, 0.6) is 0 Å². The Morgan fingerprint density at radius 2 is 1.64 bits per heavy atom. The van der Waals surface area contributed by atoms with Crippen molar-refractivity contribution in [1.82, 2.24) is 4.98 Å². The lowest BCUT2D eigenvalue weighted by Gasteiger charge is -2.03. The third-order valence-corrected chi connectivity index (χ3v) is 3.28. The van der Waals surface area contributed by atoms with E-state index in [4.69, 9.17) is 0 Å². The molecule has 0 saturated heterocycles. The molecule has 0 aliphatic rings. The first-order chi connectivity index (χ1) is 10.3. The van der Waals surface area contributed by atoms with Crippen LogP contribution >= 0.6 is 0 Å². The minimum atomic E-state index is 0. The minimum Gasteiger partial charge on any atom is -1.00 e. The van der Waals surface area contributed by atoms with Gasteiger partial charge in [-0.3, -0.25) is 4.79 Å². The number of nitrogens with zero attached hydrogens (tertiary/aromatic N) is 2. The molecule has 3 rings (SSSR count). The largest absolute Gasteiger partial charge is 1.00 e. The average molecular weight is 355 g/mol. The molecule has 0 unspecified atom stereocenters. The number of hydrogen-bond donors (Lipinski definition) is 0. The third kappa shape index (κ3) is 3.65. The zero-order valence-corrected chi connectivity index (χ0v) is 13.5.